The molecule has 2 N–H and O–H groups in total. The van der Waals surface area contributed by atoms with E-state index in [0.717, 1.165) is 18.8 Å². The third-order valence-corrected chi connectivity index (χ3v) is 2.51. The molecule has 1 atom stereocenters. The Balaban J connectivity index is 2.01. The van der Waals surface area contributed by atoms with Crippen molar-refractivity contribution in [1.29, 1.82) is 0 Å². The van der Waals surface area contributed by atoms with Crippen LogP contribution in [0.2, 0.25) is 0 Å². The van der Waals surface area contributed by atoms with Crippen LogP contribution >= 0.6 is 0 Å². The molecule has 1 rings (SSSR count). The molecular formula is C10H19NO. The second kappa shape index (κ2) is 4.61. The molecule has 0 spiro atoms. The van der Waals surface area contributed by atoms with Gasteiger partial charge in [-0.2, -0.15) is 0 Å². The van der Waals surface area contributed by atoms with Gasteiger partial charge in [-0.15, -0.1) is 0 Å². The lowest BCUT2D eigenvalue weighted by Crippen LogP contribution is -2.15. The lowest BCUT2D eigenvalue weighted by molar-refractivity contribution is -0.119. The molecule has 1 saturated carbocycles. The Morgan fingerprint density at radius 2 is 2.25 bits per heavy atom. The van der Waals surface area contributed by atoms with E-state index in [4.69, 9.17) is 5.73 Å². The van der Waals surface area contributed by atoms with Crippen molar-refractivity contribution < 1.29 is 4.79 Å². The minimum absolute atomic E-state index is 0.372. The van der Waals surface area contributed by atoms with Crippen molar-refractivity contribution in [3.05, 3.63) is 0 Å². The van der Waals surface area contributed by atoms with Gasteiger partial charge in [0.25, 0.3) is 0 Å². The molecule has 1 unspecified atom stereocenters. The molecule has 0 saturated heterocycles. The first-order valence-corrected chi connectivity index (χ1v) is 4.94. The van der Waals surface area contributed by atoms with Crippen molar-refractivity contribution in [1.82, 2.24) is 0 Å². The van der Waals surface area contributed by atoms with Crippen LogP contribution in [0.3, 0.4) is 0 Å². The molecule has 0 aliphatic heterocycles. The molecule has 0 aromatic heterocycles. The van der Waals surface area contributed by atoms with E-state index in [-0.39, 0.29) is 0 Å². The first-order valence-electron chi connectivity index (χ1n) is 4.94. The number of hydrogen-bond acceptors (Lipinski definition) is 2. The summed E-state index contributed by atoms with van der Waals surface area (Å²) in [5.74, 6) is 1.65. The van der Waals surface area contributed by atoms with Crippen LogP contribution in [0.15, 0.2) is 0 Å². The Kier molecular flexibility index (Phi) is 3.73. The number of carbonyl (C=O) groups excluding carboxylic acids is 1. The predicted molar refractivity (Wildman–Crippen MR) is 49.8 cm³/mol. The lowest BCUT2D eigenvalue weighted by atomic mass is 10.0. The fourth-order valence-electron chi connectivity index (χ4n) is 1.35. The topological polar surface area (TPSA) is 43.1 Å². The van der Waals surface area contributed by atoms with Gasteiger partial charge in [0, 0.05) is 12.8 Å². The van der Waals surface area contributed by atoms with E-state index in [2.05, 4.69) is 0 Å². The molecule has 0 aromatic rings. The van der Waals surface area contributed by atoms with Crippen LogP contribution in [-0.2, 0) is 4.79 Å². The van der Waals surface area contributed by atoms with Crippen molar-refractivity contribution in [2.75, 3.05) is 6.54 Å². The van der Waals surface area contributed by atoms with Crippen molar-refractivity contribution >= 4 is 5.78 Å². The SMILES string of the molecule is CC(CN)CC(=O)CCC1CC1. The van der Waals surface area contributed by atoms with Gasteiger partial charge < -0.3 is 5.73 Å². The first kappa shape index (κ1) is 9.72. The molecule has 0 bridgehead atoms. The highest BCUT2D eigenvalue weighted by Gasteiger charge is 2.21. The second-order valence-electron chi connectivity index (χ2n) is 4.07. The number of carbonyl (C=O) groups is 1. The van der Waals surface area contributed by atoms with Gasteiger partial charge in [-0.1, -0.05) is 19.8 Å². The zero-order valence-electron chi connectivity index (χ0n) is 7.88. The smallest absolute Gasteiger partial charge is 0.133 e. The maximum Gasteiger partial charge on any atom is 0.133 e. The Morgan fingerprint density at radius 3 is 2.75 bits per heavy atom. The molecule has 70 valence electrons. The molecule has 2 heteroatoms. The van der Waals surface area contributed by atoms with E-state index in [1.54, 1.807) is 0 Å². The fraction of sp³-hybridized carbons (Fsp3) is 0.900. The molecule has 12 heavy (non-hydrogen) atoms. The summed E-state index contributed by atoms with van der Waals surface area (Å²) in [7, 11) is 0. The number of Topliss-reactive ketones (excluding diaryl/α,β-unsaturated/α-hetero) is 1. The Hall–Kier alpha value is -0.370. The van der Waals surface area contributed by atoms with Gasteiger partial charge in [-0.3, -0.25) is 4.79 Å². The zero-order valence-corrected chi connectivity index (χ0v) is 7.88. The van der Waals surface area contributed by atoms with Crippen LogP contribution in [0.4, 0.5) is 0 Å². The molecule has 0 radical (unpaired) electrons. The summed E-state index contributed by atoms with van der Waals surface area (Å²) in [6.45, 7) is 2.67. The maximum atomic E-state index is 11.3. The second-order valence-corrected chi connectivity index (χ2v) is 4.07. The molecule has 0 heterocycles. The quantitative estimate of drug-likeness (QED) is 0.658. The van der Waals surface area contributed by atoms with E-state index in [1.807, 2.05) is 6.92 Å². The average Bonchev–Trinajstić information content (AvgIpc) is 2.83. The van der Waals surface area contributed by atoms with Gasteiger partial charge in [-0.05, 0) is 24.8 Å². The van der Waals surface area contributed by atoms with E-state index in [9.17, 15) is 4.79 Å². The standard InChI is InChI=1S/C10H19NO/c1-8(7-11)6-10(12)5-4-9-2-3-9/h8-9H,2-7,11H2,1H3. The van der Waals surface area contributed by atoms with Gasteiger partial charge in [0.05, 0.1) is 0 Å². The highest BCUT2D eigenvalue weighted by atomic mass is 16.1. The molecule has 2 nitrogen and oxygen atoms in total. The molecule has 1 fully saturated rings. The fourth-order valence-corrected chi connectivity index (χ4v) is 1.35. The average molecular weight is 169 g/mol. The summed E-state index contributed by atoms with van der Waals surface area (Å²) in [6.07, 6.45) is 5.29. The normalized spacial score (nSPS) is 19.2. The highest BCUT2D eigenvalue weighted by Crippen LogP contribution is 2.33. The summed E-state index contributed by atoms with van der Waals surface area (Å²) in [6, 6.07) is 0. The number of hydrogen-bond donors (Lipinski definition) is 1. The van der Waals surface area contributed by atoms with Crippen molar-refractivity contribution in [2.24, 2.45) is 17.6 Å². The minimum Gasteiger partial charge on any atom is -0.330 e. The molecule has 0 aromatic carbocycles. The van der Waals surface area contributed by atoms with Crippen molar-refractivity contribution in [2.45, 2.75) is 39.0 Å². The Labute approximate surface area is 74.5 Å². The van der Waals surface area contributed by atoms with E-state index in [1.165, 1.54) is 12.8 Å². The van der Waals surface area contributed by atoms with Crippen LogP contribution in [0.25, 0.3) is 0 Å². The molecule has 0 amide bonds. The van der Waals surface area contributed by atoms with Crippen molar-refractivity contribution in [3.8, 4) is 0 Å². The summed E-state index contributed by atoms with van der Waals surface area (Å²) in [5, 5.41) is 0. The van der Waals surface area contributed by atoms with Gasteiger partial charge in [0.15, 0.2) is 0 Å². The highest BCUT2D eigenvalue weighted by molar-refractivity contribution is 5.78. The monoisotopic (exact) mass is 169 g/mol. The van der Waals surface area contributed by atoms with Crippen LogP contribution in [0, 0.1) is 11.8 Å². The van der Waals surface area contributed by atoms with Crippen LogP contribution in [0.5, 0.6) is 0 Å². The molecule has 1 aliphatic carbocycles. The lowest BCUT2D eigenvalue weighted by Gasteiger charge is -2.06. The third-order valence-electron chi connectivity index (χ3n) is 2.51. The van der Waals surface area contributed by atoms with E-state index < -0.39 is 0 Å². The third kappa shape index (κ3) is 3.86. The zero-order chi connectivity index (χ0) is 8.97. The minimum atomic E-state index is 0.372. The first-order chi connectivity index (χ1) is 5.72. The summed E-state index contributed by atoms with van der Waals surface area (Å²) in [5.41, 5.74) is 5.44. The number of ketones is 1. The maximum absolute atomic E-state index is 11.3. The summed E-state index contributed by atoms with van der Waals surface area (Å²) >= 11 is 0. The van der Waals surface area contributed by atoms with E-state index >= 15 is 0 Å². The summed E-state index contributed by atoms with van der Waals surface area (Å²) in [4.78, 5) is 11.3. The van der Waals surface area contributed by atoms with Gasteiger partial charge in [-0.25, -0.2) is 0 Å². The molecule has 1 aliphatic rings. The predicted octanol–water partition coefficient (Wildman–Crippen LogP) is 1.73. The largest absolute Gasteiger partial charge is 0.330 e. The number of rotatable bonds is 6. The summed E-state index contributed by atoms with van der Waals surface area (Å²) < 4.78 is 0. The van der Waals surface area contributed by atoms with Crippen LogP contribution in [0.1, 0.15) is 39.0 Å². The number of nitrogens with two attached hydrogens (primary N) is 1. The Bertz CT molecular complexity index is 152. The Morgan fingerprint density at radius 1 is 1.58 bits per heavy atom. The van der Waals surface area contributed by atoms with Gasteiger partial charge >= 0.3 is 0 Å². The van der Waals surface area contributed by atoms with Crippen molar-refractivity contribution in [3.63, 3.8) is 0 Å². The van der Waals surface area contributed by atoms with Gasteiger partial charge in [0.1, 0.15) is 5.78 Å². The van der Waals surface area contributed by atoms with Crippen LogP contribution in [-0.4, -0.2) is 12.3 Å². The molecular weight excluding hydrogens is 150 g/mol. The van der Waals surface area contributed by atoms with E-state index in [0.29, 0.717) is 24.7 Å². The van der Waals surface area contributed by atoms with Gasteiger partial charge in [0.2, 0.25) is 0 Å². The van der Waals surface area contributed by atoms with Crippen LogP contribution < -0.4 is 5.73 Å².